The van der Waals surface area contributed by atoms with Gasteiger partial charge in [0.05, 0.1) is 20.3 Å². The average molecular weight is 382 g/mol. The molecule has 2 atom stereocenters. The van der Waals surface area contributed by atoms with E-state index in [2.05, 4.69) is 27.3 Å². The Morgan fingerprint density at radius 3 is 2.47 bits per heavy atom. The van der Waals surface area contributed by atoms with Gasteiger partial charge in [-0.05, 0) is 13.3 Å². The number of hydrogen-bond acceptors (Lipinski definition) is 5. The van der Waals surface area contributed by atoms with Crippen LogP contribution in [0.4, 0.5) is 0 Å². The zero-order valence-corrected chi connectivity index (χ0v) is 13.8. The second-order valence-electron chi connectivity index (χ2n) is 4.70. The molecule has 0 aliphatic carbocycles. The molecule has 5 nitrogen and oxygen atoms in total. The summed E-state index contributed by atoms with van der Waals surface area (Å²) >= 11 is 2.18. The number of halogens is 1. The lowest BCUT2D eigenvalue weighted by atomic mass is 9.71. The number of ether oxygens (including phenoxy) is 3. The van der Waals surface area contributed by atoms with Crippen LogP contribution in [-0.2, 0) is 23.8 Å². The maximum absolute atomic E-state index is 12.2. The lowest BCUT2D eigenvalue weighted by Gasteiger charge is -2.37. The molecule has 1 saturated heterocycles. The highest BCUT2D eigenvalue weighted by Gasteiger charge is 2.60. The predicted octanol–water partition coefficient (Wildman–Crippen LogP) is 2.23. The summed E-state index contributed by atoms with van der Waals surface area (Å²) in [5, 5.41) is 0. The van der Waals surface area contributed by atoms with Crippen molar-refractivity contribution in [3.8, 4) is 0 Å². The maximum atomic E-state index is 12.2. The van der Waals surface area contributed by atoms with E-state index in [0.717, 1.165) is 0 Å². The van der Waals surface area contributed by atoms with E-state index in [9.17, 15) is 9.59 Å². The fourth-order valence-electron chi connectivity index (χ4n) is 2.46. The molecule has 0 aromatic rings. The summed E-state index contributed by atoms with van der Waals surface area (Å²) in [4.78, 5) is 23.5. The quantitative estimate of drug-likeness (QED) is 0.323. The maximum Gasteiger partial charge on any atom is 0.333 e. The molecule has 1 fully saturated rings. The molecule has 6 heteroatoms. The van der Waals surface area contributed by atoms with Crippen LogP contribution >= 0.6 is 22.6 Å². The van der Waals surface area contributed by atoms with Crippen LogP contribution in [0.2, 0.25) is 0 Å². The van der Waals surface area contributed by atoms with Crippen molar-refractivity contribution < 1.29 is 23.8 Å². The lowest BCUT2D eigenvalue weighted by Crippen LogP contribution is -2.49. The Bertz CT molecular complexity index is 406. The van der Waals surface area contributed by atoms with Gasteiger partial charge in [0.15, 0.2) is 0 Å². The molecule has 0 aromatic heterocycles. The van der Waals surface area contributed by atoms with Crippen molar-refractivity contribution in [3.05, 3.63) is 11.8 Å². The van der Waals surface area contributed by atoms with Gasteiger partial charge in [-0.1, -0.05) is 29.5 Å². The Hall–Kier alpha value is -0.790. The first-order valence-electron chi connectivity index (χ1n) is 6.01. The molecule has 0 radical (unpaired) electrons. The minimum Gasteiger partial charge on any atom is -0.490 e. The minimum absolute atomic E-state index is 0.303. The molecule has 2 unspecified atom stereocenters. The zero-order chi connectivity index (χ0) is 14.7. The van der Waals surface area contributed by atoms with Crippen molar-refractivity contribution in [1.82, 2.24) is 0 Å². The number of allylic oxidation sites excluding steroid dienone is 1. The number of rotatable bonds is 4. The first kappa shape index (κ1) is 16.3. The summed E-state index contributed by atoms with van der Waals surface area (Å²) in [7, 11) is 2.68. The first-order valence-corrected chi connectivity index (χ1v) is 7.53. The fraction of sp³-hybridized carbons (Fsp3) is 0.692. The number of esters is 2. The van der Waals surface area contributed by atoms with Gasteiger partial charge >= 0.3 is 11.9 Å². The van der Waals surface area contributed by atoms with E-state index in [4.69, 9.17) is 9.47 Å². The van der Waals surface area contributed by atoms with Gasteiger partial charge in [0.25, 0.3) is 0 Å². The van der Waals surface area contributed by atoms with Crippen molar-refractivity contribution in [1.29, 1.82) is 0 Å². The Labute approximate surface area is 126 Å². The third-order valence-electron chi connectivity index (χ3n) is 3.76. The number of hydrogen-bond donors (Lipinski definition) is 0. The molecule has 1 heterocycles. The van der Waals surface area contributed by atoms with E-state index >= 15 is 0 Å². The molecular formula is C13H19IO5. The Morgan fingerprint density at radius 1 is 1.42 bits per heavy atom. The van der Waals surface area contributed by atoms with Gasteiger partial charge in [-0.15, -0.1) is 0 Å². The van der Waals surface area contributed by atoms with Crippen LogP contribution in [0.25, 0.3) is 0 Å². The number of alkyl halides is 1. The van der Waals surface area contributed by atoms with Crippen molar-refractivity contribution >= 4 is 34.5 Å². The minimum atomic E-state index is -0.761. The summed E-state index contributed by atoms with van der Waals surface area (Å²) in [5.74, 6) is -0.316. The molecule has 108 valence electrons. The van der Waals surface area contributed by atoms with Crippen molar-refractivity contribution in [2.75, 3.05) is 18.6 Å². The number of carbonyl (C=O) groups excluding carboxylic acids is 2. The van der Waals surface area contributed by atoms with Crippen LogP contribution in [0.3, 0.4) is 0 Å². The first-order chi connectivity index (χ1) is 8.89. The zero-order valence-electron chi connectivity index (χ0n) is 11.6. The SMILES string of the molecule is CCC1(C(=O)OC)C/C(=C\C(=O)OC)OC1(C)CI. The summed E-state index contributed by atoms with van der Waals surface area (Å²) in [6.07, 6.45) is 2.23. The van der Waals surface area contributed by atoms with Crippen molar-refractivity contribution in [2.45, 2.75) is 32.3 Å². The Morgan fingerprint density at radius 2 is 2.05 bits per heavy atom. The van der Waals surface area contributed by atoms with E-state index < -0.39 is 17.0 Å². The lowest BCUT2D eigenvalue weighted by molar-refractivity contribution is -0.161. The van der Waals surface area contributed by atoms with Crippen molar-refractivity contribution in [2.24, 2.45) is 5.41 Å². The molecule has 0 saturated carbocycles. The molecule has 0 N–H and O–H groups in total. The van der Waals surface area contributed by atoms with Crippen LogP contribution in [0.1, 0.15) is 26.7 Å². The molecule has 0 amide bonds. The van der Waals surface area contributed by atoms with Gasteiger partial charge in [-0.3, -0.25) is 4.79 Å². The van der Waals surface area contributed by atoms with E-state index in [1.165, 1.54) is 20.3 Å². The van der Waals surface area contributed by atoms with Crippen LogP contribution in [0, 0.1) is 5.41 Å². The number of carbonyl (C=O) groups is 2. The molecule has 19 heavy (non-hydrogen) atoms. The normalized spacial score (nSPS) is 31.9. The van der Waals surface area contributed by atoms with Gasteiger partial charge in [-0.2, -0.15) is 0 Å². The molecule has 0 bridgehead atoms. The molecule has 1 aliphatic rings. The second-order valence-corrected chi connectivity index (χ2v) is 5.47. The summed E-state index contributed by atoms with van der Waals surface area (Å²) < 4.78 is 16.0. The van der Waals surface area contributed by atoms with Gasteiger partial charge in [0.1, 0.15) is 16.8 Å². The third kappa shape index (κ3) is 2.73. The highest BCUT2D eigenvalue weighted by Crippen LogP contribution is 2.52. The predicted molar refractivity (Wildman–Crippen MR) is 77.8 cm³/mol. The van der Waals surface area contributed by atoms with Gasteiger partial charge in [0, 0.05) is 10.8 Å². The van der Waals surface area contributed by atoms with E-state index in [0.29, 0.717) is 23.0 Å². The highest BCUT2D eigenvalue weighted by atomic mass is 127. The topological polar surface area (TPSA) is 61.8 Å². The van der Waals surface area contributed by atoms with Gasteiger partial charge in [-0.25, -0.2) is 4.79 Å². The average Bonchev–Trinajstić information content (AvgIpc) is 2.71. The molecular weight excluding hydrogens is 363 g/mol. The summed E-state index contributed by atoms with van der Waals surface area (Å²) in [5.41, 5.74) is -1.45. The fourth-order valence-corrected chi connectivity index (χ4v) is 3.35. The molecule has 1 rings (SSSR count). The van der Waals surface area contributed by atoms with E-state index in [1.54, 1.807) is 0 Å². The van der Waals surface area contributed by atoms with Crippen LogP contribution in [-0.4, -0.2) is 36.2 Å². The van der Waals surface area contributed by atoms with Crippen LogP contribution in [0.15, 0.2) is 11.8 Å². The monoisotopic (exact) mass is 382 g/mol. The van der Waals surface area contributed by atoms with E-state index in [-0.39, 0.29) is 5.97 Å². The third-order valence-corrected chi connectivity index (χ3v) is 5.21. The standard InChI is InChI=1S/C13H19IO5/c1-5-13(11(16)18-4)7-9(6-10(15)17-3)19-12(13,2)8-14/h6H,5,7-8H2,1-4H3/b9-6+. The largest absolute Gasteiger partial charge is 0.490 e. The van der Waals surface area contributed by atoms with Crippen molar-refractivity contribution in [3.63, 3.8) is 0 Å². The van der Waals surface area contributed by atoms with Crippen LogP contribution < -0.4 is 0 Å². The summed E-state index contributed by atoms with van der Waals surface area (Å²) in [6.45, 7) is 3.80. The Kier molecular flexibility index (Phi) is 5.23. The molecule has 1 aliphatic heterocycles. The molecule has 0 spiro atoms. The number of methoxy groups -OCH3 is 2. The smallest absolute Gasteiger partial charge is 0.333 e. The Balaban J connectivity index is 3.19. The van der Waals surface area contributed by atoms with Gasteiger partial charge < -0.3 is 14.2 Å². The second kappa shape index (κ2) is 6.11. The van der Waals surface area contributed by atoms with Gasteiger partial charge in [0.2, 0.25) is 0 Å². The molecule has 0 aromatic carbocycles. The van der Waals surface area contributed by atoms with Crippen LogP contribution in [0.5, 0.6) is 0 Å². The highest BCUT2D eigenvalue weighted by molar-refractivity contribution is 14.1. The van der Waals surface area contributed by atoms with E-state index in [1.807, 2.05) is 13.8 Å². The summed E-state index contributed by atoms with van der Waals surface area (Å²) in [6, 6.07) is 0.